The lowest BCUT2D eigenvalue weighted by atomic mass is 9.99. The van der Waals surface area contributed by atoms with Gasteiger partial charge in [0.05, 0.1) is 0 Å². The number of nitrogens with one attached hydrogen (secondary N) is 2. The molecule has 0 atom stereocenters. The molecule has 0 saturated carbocycles. The van der Waals surface area contributed by atoms with E-state index in [1.54, 1.807) is 0 Å². The molecule has 2 rings (SSSR count). The Labute approximate surface area is 104 Å². The molecular formula is C12H13ClN2O2. The second kappa shape index (κ2) is 5.19. The number of anilines is 1. The van der Waals surface area contributed by atoms with Crippen LogP contribution in [0.2, 0.25) is 0 Å². The summed E-state index contributed by atoms with van der Waals surface area (Å²) in [6.45, 7) is 0.521. The maximum Gasteiger partial charge on any atom is 0.313 e. The summed E-state index contributed by atoms with van der Waals surface area (Å²) in [5, 5.41) is 4.84. The molecule has 17 heavy (non-hydrogen) atoms. The van der Waals surface area contributed by atoms with E-state index in [1.165, 1.54) is 0 Å². The van der Waals surface area contributed by atoms with Gasteiger partial charge in [0.25, 0.3) is 0 Å². The van der Waals surface area contributed by atoms with Gasteiger partial charge >= 0.3 is 5.37 Å². The van der Waals surface area contributed by atoms with Crippen LogP contribution in [0.4, 0.5) is 10.5 Å². The SMILES string of the molecule is O=C(Cl)NCCc1ccc2c(c1)CCC(=O)N2. The van der Waals surface area contributed by atoms with Crippen molar-refractivity contribution in [1.82, 2.24) is 5.32 Å². The lowest BCUT2D eigenvalue weighted by Crippen LogP contribution is -2.21. The second-order valence-corrected chi connectivity index (χ2v) is 4.33. The molecule has 1 aliphatic heterocycles. The molecular weight excluding hydrogens is 240 g/mol. The van der Waals surface area contributed by atoms with Gasteiger partial charge in [0.2, 0.25) is 5.91 Å². The zero-order chi connectivity index (χ0) is 12.3. The van der Waals surface area contributed by atoms with Crippen LogP contribution in [-0.2, 0) is 17.6 Å². The summed E-state index contributed by atoms with van der Waals surface area (Å²) >= 11 is 5.18. The minimum Gasteiger partial charge on any atom is -0.342 e. The fourth-order valence-corrected chi connectivity index (χ4v) is 1.99. The van der Waals surface area contributed by atoms with Crippen molar-refractivity contribution in [3.63, 3.8) is 0 Å². The van der Waals surface area contributed by atoms with Gasteiger partial charge in [-0.05, 0) is 41.6 Å². The van der Waals surface area contributed by atoms with E-state index in [0.29, 0.717) is 13.0 Å². The van der Waals surface area contributed by atoms with Gasteiger partial charge in [0.1, 0.15) is 0 Å². The van der Waals surface area contributed by atoms with Gasteiger partial charge in [-0.2, -0.15) is 0 Å². The van der Waals surface area contributed by atoms with E-state index >= 15 is 0 Å². The molecule has 0 saturated heterocycles. The number of carbonyl (C=O) groups excluding carboxylic acids is 2. The van der Waals surface area contributed by atoms with Crippen molar-refractivity contribution in [1.29, 1.82) is 0 Å². The molecule has 0 aromatic heterocycles. The Morgan fingerprint density at radius 3 is 3.00 bits per heavy atom. The van der Waals surface area contributed by atoms with Crippen molar-refractivity contribution in [2.24, 2.45) is 0 Å². The minimum atomic E-state index is -0.532. The van der Waals surface area contributed by atoms with Crippen molar-refractivity contribution < 1.29 is 9.59 Å². The third-order valence-corrected chi connectivity index (χ3v) is 2.88. The van der Waals surface area contributed by atoms with Crippen LogP contribution in [-0.4, -0.2) is 17.8 Å². The lowest BCUT2D eigenvalue weighted by molar-refractivity contribution is -0.116. The molecule has 90 valence electrons. The Morgan fingerprint density at radius 1 is 1.41 bits per heavy atom. The van der Waals surface area contributed by atoms with Crippen LogP contribution >= 0.6 is 11.6 Å². The lowest BCUT2D eigenvalue weighted by Gasteiger charge is -2.17. The number of fused-ring (bicyclic) bond motifs is 1. The van der Waals surface area contributed by atoms with E-state index in [0.717, 1.165) is 29.7 Å². The molecule has 1 aliphatic rings. The van der Waals surface area contributed by atoms with E-state index in [9.17, 15) is 9.59 Å². The molecule has 0 spiro atoms. The Morgan fingerprint density at radius 2 is 2.24 bits per heavy atom. The quantitative estimate of drug-likeness (QED) is 0.639. The van der Waals surface area contributed by atoms with E-state index < -0.39 is 5.37 Å². The summed E-state index contributed by atoms with van der Waals surface area (Å²) in [6.07, 6.45) is 2.05. The summed E-state index contributed by atoms with van der Waals surface area (Å²) in [7, 11) is 0. The van der Waals surface area contributed by atoms with Crippen LogP contribution in [0.1, 0.15) is 17.5 Å². The zero-order valence-electron chi connectivity index (χ0n) is 9.25. The fraction of sp³-hybridized carbons (Fsp3) is 0.333. The molecule has 5 heteroatoms. The van der Waals surface area contributed by atoms with E-state index in [4.69, 9.17) is 11.6 Å². The fourth-order valence-electron chi connectivity index (χ4n) is 1.90. The topological polar surface area (TPSA) is 58.2 Å². The van der Waals surface area contributed by atoms with Crippen LogP contribution in [0.15, 0.2) is 18.2 Å². The highest BCUT2D eigenvalue weighted by molar-refractivity contribution is 6.62. The first kappa shape index (κ1) is 11.9. The molecule has 0 fully saturated rings. The summed E-state index contributed by atoms with van der Waals surface area (Å²) in [6, 6.07) is 5.92. The van der Waals surface area contributed by atoms with Crippen molar-refractivity contribution >= 4 is 28.6 Å². The highest BCUT2D eigenvalue weighted by Crippen LogP contribution is 2.23. The van der Waals surface area contributed by atoms with Gasteiger partial charge in [-0.1, -0.05) is 12.1 Å². The first-order valence-electron chi connectivity index (χ1n) is 5.50. The number of halogens is 1. The Bertz CT molecular complexity index is 460. The van der Waals surface area contributed by atoms with Gasteiger partial charge in [-0.25, -0.2) is 0 Å². The third-order valence-electron chi connectivity index (χ3n) is 2.74. The van der Waals surface area contributed by atoms with Crippen molar-refractivity contribution in [2.45, 2.75) is 19.3 Å². The standard InChI is InChI=1S/C12H13ClN2O2/c13-12(17)14-6-5-8-1-3-10-9(7-8)2-4-11(16)15-10/h1,3,7H,2,4-6H2,(H,14,17)(H,15,16). The van der Waals surface area contributed by atoms with Crippen molar-refractivity contribution in [3.8, 4) is 0 Å². The molecule has 4 nitrogen and oxygen atoms in total. The van der Waals surface area contributed by atoms with Gasteiger partial charge in [0, 0.05) is 18.7 Å². The van der Waals surface area contributed by atoms with Gasteiger partial charge in [-0.15, -0.1) is 0 Å². The zero-order valence-corrected chi connectivity index (χ0v) is 10.0. The summed E-state index contributed by atoms with van der Waals surface area (Å²) in [5.74, 6) is 0.0691. The Hall–Kier alpha value is -1.55. The number of amides is 2. The number of aryl methyl sites for hydroxylation is 1. The van der Waals surface area contributed by atoms with Crippen molar-refractivity contribution in [2.75, 3.05) is 11.9 Å². The molecule has 2 amide bonds. The van der Waals surface area contributed by atoms with Crippen LogP contribution in [0.5, 0.6) is 0 Å². The van der Waals surface area contributed by atoms with E-state index in [-0.39, 0.29) is 5.91 Å². The number of rotatable bonds is 3. The van der Waals surface area contributed by atoms with Gasteiger partial charge in [-0.3, -0.25) is 9.59 Å². The first-order chi connectivity index (χ1) is 8.15. The average Bonchev–Trinajstić information content (AvgIpc) is 2.29. The molecule has 1 heterocycles. The smallest absolute Gasteiger partial charge is 0.313 e. The monoisotopic (exact) mass is 252 g/mol. The molecule has 0 unspecified atom stereocenters. The number of carbonyl (C=O) groups is 2. The number of benzene rings is 1. The number of hydrogen-bond donors (Lipinski definition) is 2. The maximum absolute atomic E-state index is 11.2. The normalized spacial score (nSPS) is 13.8. The van der Waals surface area contributed by atoms with Crippen LogP contribution < -0.4 is 10.6 Å². The highest BCUT2D eigenvalue weighted by Gasteiger charge is 2.14. The summed E-state index contributed by atoms with van der Waals surface area (Å²) < 4.78 is 0. The van der Waals surface area contributed by atoms with E-state index in [2.05, 4.69) is 16.7 Å². The Kier molecular flexibility index (Phi) is 3.64. The van der Waals surface area contributed by atoms with Gasteiger partial charge in [0.15, 0.2) is 0 Å². The van der Waals surface area contributed by atoms with Gasteiger partial charge < -0.3 is 10.6 Å². The summed E-state index contributed by atoms with van der Waals surface area (Å²) in [4.78, 5) is 21.7. The van der Waals surface area contributed by atoms with Crippen LogP contribution in [0, 0.1) is 0 Å². The predicted molar refractivity (Wildman–Crippen MR) is 66.3 cm³/mol. The molecule has 2 N–H and O–H groups in total. The third kappa shape index (κ3) is 3.20. The molecule has 0 radical (unpaired) electrons. The molecule has 0 bridgehead atoms. The van der Waals surface area contributed by atoms with Crippen LogP contribution in [0.25, 0.3) is 0 Å². The first-order valence-corrected chi connectivity index (χ1v) is 5.88. The molecule has 0 aliphatic carbocycles. The van der Waals surface area contributed by atoms with Crippen LogP contribution in [0.3, 0.4) is 0 Å². The predicted octanol–water partition coefficient (Wildman–Crippen LogP) is 2.06. The summed E-state index contributed by atoms with van der Waals surface area (Å²) in [5.41, 5.74) is 3.18. The minimum absolute atomic E-state index is 0.0691. The maximum atomic E-state index is 11.2. The van der Waals surface area contributed by atoms with Crippen molar-refractivity contribution in [3.05, 3.63) is 29.3 Å². The average molecular weight is 253 g/mol. The molecule has 1 aromatic rings. The second-order valence-electron chi connectivity index (χ2n) is 3.99. The number of hydrogen-bond acceptors (Lipinski definition) is 2. The highest BCUT2D eigenvalue weighted by atomic mass is 35.5. The Balaban J connectivity index is 2.01. The largest absolute Gasteiger partial charge is 0.342 e. The molecule has 1 aromatic carbocycles. The van der Waals surface area contributed by atoms with E-state index in [1.807, 2.05) is 12.1 Å².